The highest BCUT2D eigenvalue weighted by Crippen LogP contribution is 2.17. The molecule has 4 nitrogen and oxygen atoms in total. The molecule has 0 radical (unpaired) electrons. The van der Waals surface area contributed by atoms with Gasteiger partial charge in [0.2, 0.25) is 0 Å². The molecule has 2 aromatic rings. The molecule has 1 aromatic heterocycles. The van der Waals surface area contributed by atoms with Crippen LogP contribution >= 0.6 is 23.6 Å². The van der Waals surface area contributed by atoms with Gasteiger partial charge >= 0.3 is 0 Å². The first kappa shape index (κ1) is 15.5. The molecule has 110 valence electrons. The summed E-state index contributed by atoms with van der Waals surface area (Å²) >= 11 is 6.51. The molecule has 2 N–H and O–H groups in total. The number of hydrogen-bond acceptors (Lipinski definition) is 4. The summed E-state index contributed by atoms with van der Waals surface area (Å²) in [7, 11) is 0. The van der Waals surface area contributed by atoms with Crippen LogP contribution in [0.2, 0.25) is 0 Å². The summed E-state index contributed by atoms with van der Waals surface area (Å²) in [4.78, 5) is 12.5. The number of carbonyl (C=O) groups is 1. The molecule has 0 aliphatic rings. The van der Waals surface area contributed by atoms with Crippen LogP contribution in [0.4, 0.5) is 5.69 Å². The van der Waals surface area contributed by atoms with E-state index in [1.807, 2.05) is 35.7 Å². The predicted octanol–water partition coefficient (Wildman–Crippen LogP) is 3.66. The summed E-state index contributed by atoms with van der Waals surface area (Å²) in [5, 5.41) is 7.73. The Bertz CT molecular complexity index is 612. The predicted molar refractivity (Wildman–Crippen MR) is 90.2 cm³/mol. The van der Waals surface area contributed by atoms with Crippen molar-refractivity contribution >= 4 is 40.3 Å². The van der Waals surface area contributed by atoms with Crippen LogP contribution in [0.1, 0.15) is 23.0 Å². The summed E-state index contributed by atoms with van der Waals surface area (Å²) in [6, 6.07) is 11.0. The van der Waals surface area contributed by atoms with Crippen molar-refractivity contribution in [3.8, 4) is 5.75 Å². The monoisotopic (exact) mass is 320 g/mol. The van der Waals surface area contributed by atoms with E-state index in [0.29, 0.717) is 11.5 Å². The molecule has 0 spiro atoms. The molecule has 0 fully saturated rings. The van der Waals surface area contributed by atoms with Crippen LogP contribution < -0.4 is 15.4 Å². The second-order valence-corrected chi connectivity index (χ2v) is 5.62. The number of thiocarbonyl (C=S) groups is 1. The molecule has 0 saturated heterocycles. The number of rotatable bonds is 5. The van der Waals surface area contributed by atoms with Crippen LogP contribution in [-0.2, 0) is 0 Å². The average molecular weight is 320 g/mol. The van der Waals surface area contributed by atoms with Crippen molar-refractivity contribution in [3.05, 3.63) is 46.7 Å². The molecule has 0 aliphatic heterocycles. The molecular formula is C15H16N2O2S2. The van der Waals surface area contributed by atoms with Crippen LogP contribution in [0.15, 0.2) is 41.8 Å². The van der Waals surface area contributed by atoms with Gasteiger partial charge in [0.05, 0.1) is 11.5 Å². The summed E-state index contributed by atoms with van der Waals surface area (Å²) in [6.07, 6.45) is 0.951. The number of carbonyl (C=O) groups excluding carboxylic acids is 1. The number of ether oxygens (including phenoxy) is 1. The number of anilines is 1. The third-order valence-electron chi connectivity index (χ3n) is 2.54. The minimum absolute atomic E-state index is 0.208. The minimum Gasteiger partial charge on any atom is -0.494 e. The molecular weight excluding hydrogens is 304 g/mol. The Morgan fingerprint density at radius 2 is 2.19 bits per heavy atom. The van der Waals surface area contributed by atoms with Gasteiger partial charge in [0.15, 0.2) is 5.11 Å². The zero-order valence-electron chi connectivity index (χ0n) is 11.6. The Kier molecular flexibility index (Phi) is 5.71. The number of amides is 1. The van der Waals surface area contributed by atoms with Crippen molar-refractivity contribution in [2.45, 2.75) is 13.3 Å². The van der Waals surface area contributed by atoms with Gasteiger partial charge in [-0.15, -0.1) is 11.3 Å². The van der Waals surface area contributed by atoms with E-state index in [1.54, 1.807) is 6.07 Å². The maximum Gasteiger partial charge on any atom is 0.267 e. The Hall–Kier alpha value is -1.92. The lowest BCUT2D eigenvalue weighted by Crippen LogP contribution is -2.33. The standard InChI is InChI=1S/C15H16N2O2S2/c1-2-8-19-12-6-3-5-11(10-12)16-15(20)17-14(18)13-7-4-9-21-13/h3-7,9-10H,2,8H2,1H3,(H2,16,17,18,20). The van der Waals surface area contributed by atoms with Crippen molar-refractivity contribution in [1.29, 1.82) is 0 Å². The van der Waals surface area contributed by atoms with Gasteiger partial charge in [-0.05, 0) is 42.2 Å². The molecule has 0 atom stereocenters. The third-order valence-corrected chi connectivity index (χ3v) is 3.61. The van der Waals surface area contributed by atoms with Gasteiger partial charge in [-0.3, -0.25) is 10.1 Å². The lowest BCUT2D eigenvalue weighted by molar-refractivity contribution is 0.0981. The largest absolute Gasteiger partial charge is 0.494 e. The zero-order chi connectivity index (χ0) is 15.1. The van der Waals surface area contributed by atoms with Crippen LogP contribution in [0.3, 0.4) is 0 Å². The number of benzene rings is 1. The first-order chi connectivity index (χ1) is 10.2. The Morgan fingerprint density at radius 1 is 1.33 bits per heavy atom. The molecule has 0 aliphatic carbocycles. The minimum atomic E-state index is -0.208. The summed E-state index contributed by atoms with van der Waals surface area (Å²) in [5.74, 6) is 0.565. The highest BCUT2D eigenvalue weighted by molar-refractivity contribution is 7.80. The first-order valence-corrected chi connectivity index (χ1v) is 7.86. The smallest absolute Gasteiger partial charge is 0.267 e. The van der Waals surface area contributed by atoms with Gasteiger partial charge < -0.3 is 10.1 Å². The molecule has 6 heteroatoms. The van der Waals surface area contributed by atoms with E-state index in [9.17, 15) is 4.79 Å². The molecule has 1 amide bonds. The van der Waals surface area contributed by atoms with E-state index in [4.69, 9.17) is 17.0 Å². The average Bonchev–Trinajstić information content (AvgIpc) is 2.99. The summed E-state index contributed by atoms with van der Waals surface area (Å²) < 4.78 is 5.55. The van der Waals surface area contributed by atoms with Crippen LogP contribution in [0.5, 0.6) is 5.75 Å². The van der Waals surface area contributed by atoms with Crippen LogP contribution in [0.25, 0.3) is 0 Å². The van der Waals surface area contributed by atoms with Crippen molar-refractivity contribution < 1.29 is 9.53 Å². The highest BCUT2D eigenvalue weighted by Gasteiger charge is 2.08. The van der Waals surface area contributed by atoms with Gasteiger partial charge in [-0.25, -0.2) is 0 Å². The van der Waals surface area contributed by atoms with E-state index in [-0.39, 0.29) is 11.0 Å². The zero-order valence-corrected chi connectivity index (χ0v) is 13.2. The van der Waals surface area contributed by atoms with E-state index in [0.717, 1.165) is 17.9 Å². The fourth-order valence-electron chi connectivity index (χ4n) is 1.62. The lowest BCUT2D eigenvalue weighted by atomic mass is 10.3. The lowest BCUT2D eigenvalue weighted by Gasteiger charge is -2.10. The molecule has 0 bridgehead atoms. The Balaban J connectivity index is 1.91. The van der Waals surface area contributed by atoms with Gasteiger partial charge in [-0.2, -0.15) is 0 Å². The first-order valence-electron chi connectivity index (χ1n) is 6.57. The van der Waals surface area contributed by atoms with Crippen LogP contribution in [-0.4, -0.2) is 17.6 Å². The normalized spacial score (nSPS) is 9.95. The SMILES string of the molecule is CCCOc1cccc(NC(=S)NC(=O)c2cccs2)c1. The number of thiophene rings is 1. The van der Waals surface area contributed by atoms with Crippen molar-refractivity contribution in [1.82, 2.24) is 5.32 Å². The van der Waals surface area contributed by atoms with E-state index in [2.05, 4.69) is 17.6 Å². The fraction of sp³-hybridized carbons (Fsp3) is 0.200. The van der Waals surface area contributed by atoms with Gasteiger partial charge in [0, 0.05) is 11.8 Å². The molecule has 21 heavy (non-hydrogen) atoms. The topological polar surface area (TPSA) is 50.4 Å². The van der Waals surface area contributed by atoms with Crippen LogP contribution in [0, 0.1) is 0 Å². The third kappa shape index (κ3) is 4.84. The Labute approximate surface area is 133 Å². The highest BCUT2D eigenvalue weighted by atomic mass is 32.1. The summed E-state index contributed by atoms with van der Waals surface area (Å²) in [6.45, 7) is 2.72. The summed E-state index contributed by atoms with van der Waals surface area (Å²) in [5.41, 5.74) is 0.778. The maximum absolute atomic E-state index is 11.9. The number of hydrogen-bond donors (Lipinski definition) is 2. The quantitative estimate of drug-likeness (QED) is 0.826. The van der Waals surface area contributed by atoms with E-state index >= 15 is 0 Å². The second-order valence-electron chi connectivity index (χ2n) is 4.26. The molecule has 0 saturated carbocycles. The molecule has 2 rings (SSSR count). The van der Waals surface area contributed by atoms with Gasteiger partial charge in [0.25, 0.3) is 5.91 Å². The molecule has 1 heterocycles. The Morgan fingerprint density at radius 3 is 2.90 bits per heavy atom. The number of nitrogens with one attached hydrogen (secondary N) is 2. The second kappa shape index (κ2) is 7.75. The molecule has 0 unspecified atom stereocenters. The van der Waals surface area contributed by atoms with Gasteiger partial charge in [-0.1, -0.05) is 19.1 Å². The maximum atomic E-state index is 11.9. The van der Waals surface area contributed by atoms with Crippen molar-refractivity contribution in [2.24, 2.45) is 0 Å². The van der Waals surface area contributed by atoms with E-state index < -0.39 is 0 Å². The molecule has 1 aromatic carbocycles. The fourth-order valence-corrected chi connectivity index (χ4v) is 2.45. The van der Waals surface area contributed by atoms with Crippen molar-refractivity contribution in [3.63, 3.8) is 0 Å². The van der Waals surface area contributed by atoms with Gasteiger partial charge in [0.1, 0.15) is 5.75 Å². The van der Waals surface area contributed by atoms with Crippen molar-refractivity contribution in [2.75, 3.05) is 11.9 Å². The van der Waals surface area contributed by atoms with E-state index in [1.165, 1.54) is 11.3 Å².